The van der Waals surface area contributed by atoms with Crippen molar-refractivity contribution in [1.29, 1.82) is 0 Å². The minimum Gasteiger partial charge on any atom is -0.496 e. The van der Waals surface area contributed by atoms with Gasteiger partial charge in [-0.2, -0.15) is 0 Å². The quantitative estimate of drug-likeness (QED) is 0.456. The van der Waals surface area contributed by atoms with Crippen molar-refractivity contribution >= 4 is 15.8 Å². The van der Waals surface area contributed by atoms with E-state index in [9.17, 15) is 8.42 Å². The fourth-order valence-corrected chi connectivity index (χ4v) is 4.52. The summed E-state index contributed by atoms with van der Waals surface area (Å²) in [7, 11) is -1.48. The molecule has 1 fully saturated rings. The predicted octanol–water partition coefficient (Wildman–Crippen LogP) is 2.60. The van der Waals surface area contributed by atoms with Gasteiger partial charge in [0.1, 0.15) is 5.75 Å². The Morgan fingerprint density at radius 1 is 1.20 bits per heavy atom. The number of likely N-dealkylation sites (tertiary alicyclic amines) is 1. The van der Waals surface area contributed by atoms with Crippen LogP contribution in [0.3, 0.4) is 0 Å². The van der Waals surface area contributed by atoms with Crippen molar-refractivity contribution in [2.24, 2.45) is 4.99 Å². The standard InChI is InChI=1S/C22H38N4O3S/c1-6-23-21(24-13-16-30(27,28)22(2,3)4)25-17-19(26-14-9-10-15-26)18-11-7-8-12-20(18)29-5/h7-8,11-12,19H,6,9-10,13-17H2,1-5H3,(H2,23,24,25). The number of guanidine groups is 1. The highest BCUT2D eigenvalue weighted by molar-refractivity contribution is 7.92. The van der Waals surface area contributed by atoms with Gasteiger partial charge in [0, 0.05) is 18.7 Å². The molecule has 170 valence electrons. The van der Waals surface area contributed by atoms with Crippen LogP contribution in [0.4, 0.5) is 0 Å². The molecule has 0 aromatic heterocycles. The summed E-state index contributed by atoms with van der Waals surface area (Å²) in [5.74, 6) is 1.59. The number of sulfone groups is 1. The van der Waals surface area contributed by atoms with E-state index in [1.807, 2.05) is 25.1 Å². The first-order valence-electron chi connectivity index (χ1n) is 10.8. The Morgan fingerprint density at radius 3 is 2.47 bits per heavy atom. The van der Waals surface area contributed by atoms with E-state index >= 15 is 0 Å². The molecule has 2 N–H and O–H groups in total. The Hall–Kier alpha value is -1.80. The largest absolute Gasteiger partial charge is 0.496 e. The molecule has 0 aliphatic carbocycles. The third-order valence-corrected chi connectivity index (χ3v) is 8.05. The molecule has 7 nitrogen and oxygen atoms in total. The van der Waals surface area contributed by atoms with Crippen molar-refractivity contribution in [2.75, 3.05) is 45.6 Å². The third-order valence-electron chi connectivity index (χ3n) is 5.44. The van der Waals surface area contributed by atoms with Crippen molar-refractivity contribution in [3.05, 3.63) is 29.8 Å². The van der Waals surface area contributed by atoms with Crippen LogP contribution in [0.15, 0.2) is 29.3 Å². The van der Waals surface area contributed by atoms with Gasteiger partial charge in [-0.15, -0.1) is 0 Å². The van der Waals surface area contributed by atoms with Gasteiger partial charge in [-0.1, -0.05) is 18.2 Å². The Balaban J connectivity index is 2.13. The van der Waals surface area contributed by atoms with Gasteiger partial charge in [-0.25, -0.2) is 8.42 Å². The molecule has 0 radical (unpaired) electrons. The lowest BCUT2D eigenvalue weighted by Gasteiger charge is -2.28. The second-order valence-electron chi connectivity index (χ2n) is 8.58. The number of ether oxygens (including phenoxy) is 1. The highest BCUT2D eigenvalue weighted by atomic mass is 32.2. The molecule has 1 unspecified atom stereocenters. The third kappa shape index (κ3) is 6.60. The highest BCUT2D eigenvalue weighted by Gasteiger charge is 2.28. The zero-order valence-corrected chi connectivity index (χ0v) is 19.9. The Morgan fingerprint density at radius 2 is 1.87 bits per heavy atom. The van der Waals surface area contributed by atoms with Crippen molar-refractivity contribution in [3.63, 3.8) is 0 Å². The summed E-state index contributed by atoms with van der Waals surface area (Å²) in [4.78, 5) is 7.25. The normalized spacial score (nSPS) is 17.0. The van der Waals surface area contributed by atoms with Crippen LogP contribution in [-0.2, 0) is 9.84 Å². The molecule has 1 aromatic carbocycles. The molecule has 30 heavy (non-hydrogen) atoms. The minimum atomic E-state index is -3.17. The van der Waals surface area contributed by atoms with Gasteiger partial charge in [-0.3, -0.25) is 9.89 Å². The molecule has 1 aliphatic heterocycles. The molecule has 1 saturated heterocycles. The van der Waals surface area contributed by atoms with Crippen LogP contribution in [0.5, 0.6) is 5.75 Å². The summed E-state index contributed by atoms with van der Waals surface area (Å²) in [6.45, 7) is 10.9. The van der Waals surface area contributed by atoms with Crippen molar-refractivity contribution in [2.45, 2.75) is 51.3 Å². The number of methoxy groups -OCH3 is 1. The average Bonchev–Trinajstić information content (AvgIpc) is 3.22. The Bertz CT molecular complexity index is 797. The van der Waals surface area contributed by atoms with E-state index in [-0.39, 0.29) is 11.8 Å². The maximum atomic E-state index is 12.4. The molecule has 1 aromatic rings. The lowest BCUT2D eigenvalue weighted by Crippen LogP contribution is -2.42. The second kappa shape index (κ2) is 11.0. The van der Waals surface area contributed by atoms with Gasteiger partial charge in [0.25, 0.3) is 0 Å². The van der Waals surface area contributed by atoms with Crippen LogP contribution in [0.25, 0.3) is 0 Å². The lowest BCUT2D eigenvalue weighted by molar-refractivity contribution is 0.245. The van der Waals surface area contributed by atoms with Crippen molar-refractivity contribution in [1.82, 2.24) is 15.5 Å². The average molecular weight is 439 g/mol. The topological polar surface area (TPSA) is 83.0 Å². The van der Waals surface area contributed by atoms with Crippen molar-refractivity contribution in [3.8, 4) is 5.75 Å². The van der Waals surface area contributed by atoms with Crippen LogP contribution >= 0.6 is 0 Å². The van der Waals surface area contributed by atoms with Crippen LogP contribution in [-0.4, -0.2) is 69.6 Å². The number of hydrogen-bond donors (Lipinski definition) is 2. The first-order chi connectivity index (χ1) is 14.2. The Kier molecular flexibility index (Phi) is 8.97. The first-order valence-corrected chi connectivity index (χ1v) is 12.5. The van der Waals surface area contributed by atoms with Gasteiger partial charge >= 0.3 is 0 Å². The summed E-state index contributed by atoms with van der Waals surface area (Å²) in [6, 6.07) is 8.23. The van der Waals surface area contributed by atoms with E-state index in [1.165, 1.54) is 12.8 Å². The lowest BCUT2D eigenvalue weighted by atomic mass is 10.0. The van der Waals surface area contributed by atoms with E-state index in [2.05, 4.69) is 21.6 Å². The highest BCUT2D eigenvalue weighted by Crippen LogP contribution is 2.31. The molecule has 0 bridgehead atoms. The smallest absolute Gasteiger partial charge is 0.191 e. The van der Waals surface area contributed by atoms with E-state index < -0.39 is 14.6 Å². The number of nitrogens with zero attached hydrogens (tertiary/aromatic N) is 2. The number of aliphatic imine (C=N–C) groups is 1. The van der Waals surface area contributed by atoms with Gasteiger partial charge in [0.2, 0.25) is 0 Å². The number of nitrogens with one attached hydrogen (secondary N) is 2. The van der Waals surface area contributed by atoms with Crippen LogP contribution in [0.1, 0.15) is 52.1 Å². The Labute approximate surface area is 182 Å². The molecule has 0 spiro atoms. The molecule has 1 heterocycles. The van der Waals surface area contributed by atoms with Crippen LogP contribution < -0.4 is 15.4 Å². The van der Waals surface area contributed by atoms with E-state index in [0.717, 1.165) is 24.4 Å². The van der Waals surface area contributed by atoms with Gasteiger partial charge in [-0.05, 0) is 59.7 Å². The molecule has 8 heteroatoms. The second-order valence-corrected chi connectivity index (χ2v) is 11.4. The maximum Gasteiger partial charge on any atom is 0.191 e. The monoisotopic (exact) mass is 438 g/mol. The van der Waals surface area contributed by atoms with Crippen molar-refractivity contribution < 1.29 is 13.2 Å². The molecule has 0 saturated carbocycles. The fourth-order valence-electron chi connectivity index (χ4n) is 3.53. The molecular formula is C22H38N4O3S. The number of benzene rings is 1. The van der Waals surface area contributed by atoms with Crippen LogP contribution in [0.2, 0.25) is 0 Å². The number of para-hydroxylation sites is 1. The summed E-state index contributed by atoms with van der Waals surface area (Å²) in [5.41, 5.74) is 1.14. The first kappa shape index (κ1) is 24.5. The number of rotatable bonds is 9. The SMILES string of the molecule is CCNC(=NCC(c1ccccc1OC)N1CCCC1)NCCS(=O)(=O)C(C)(C)C. The van der Waals surface area contributed by atoms with Crippen LogP contribution in [0, 0.1) is 0 Å². The minimum absolute atomic E-state index is 0.0724. The van der Waals surface area contributed by atoms with Gasteiger partial charge in [0.15, 0.2) is 15.8 Å². The molecule has 2 rings (SSSR count). The molecule has 0 amide bonds. The van der Waals surface area contributed by atoms with E-state index in [0.29, 0.717) is 25.6 Å². The summed E-state index contributed by atoms with van der Waals surface area (Å²) in [6.07, 6.45) is 2.39. The summed E-state index contributed by atoms with van der Waals surface area (Å²) < 4.78 is 29.6. The molecular weight excluding hydrogens is 400 g/mol. The van der Waals surface area contributed by atoms with E-state index in [4.69, 9.17) is 9.73 Å². The van der Waals surface area contributed by atoms with Gasteiger partial charge in [0.05, 0.1) is 30.2 Å². The summed E-state index contributed by atoms with van der Waals surface area (Å²) in [5, 5.41) is 6.41. The summed E-state index contributed by atoms with van der Waals surface area (Å²) >= 11 is 0. The van der Waals surface area contributed by atoms with E-state index in [1.54, 1.807) is 27.9 Å². The number of hydrogen-bond acceptors (Lipinski definition) is 5. The predicted molar refractivity (Wildman–Crippen MR) is 124 cm³/mol. The zero-order chi connectivity index (χ0) is 22.2. The van der Waals surface area contributed by atoms with Gasteiger partial charge < -0.3 is 15.4 Å². The molecule has 1 aliphatic rings. The maximum absolute atomic E-state index is 12.4. The zero-order valence-electron chi connectivity index (χ0n) is 19.1. The molecule has 1 atom stereocenters. The fraction of sp³-hybridized carbons (Fsp3) is 0.682.